The summed E-state index contributed by atoms with van der Waals surface area (Å²) < 4.78 is 5.37. The van der Waals surface area contributed by atoms with Crippen LogP contribution in [0.1, 0.15) is 27.2 Å². The molecule has 0 saturated carbocycles. The number of nitriles is 1. The Bertz CT molecular complexity index is 1180. The number of anilines is 1. The average molecular weight is 400 g/mol. The molecule has 3 aromatic rings. The minimum Gasteiger partial charge on any atom is -0.452 e. The van der Waals surface area contributed by atoms with Gasteiger partial charge in [-0.2, -0.15) is 5.26 Å². The van der Waals surface area contributed by atoms with Crippen LogP contribution in [0.3, 0.4) is 0 Å². The molecule has 1 aliphatic rings. The van der Waals surface area contributed by atoms with Gasteiger partial charge < -0.3 is 15.0 Å². The van der Waals surface area contributed by atoms with Crippen LogP contribution in [0.4, 0.5) is 5.69 Å². The number of hydrogen-bond acceptors (Lipinski definition) is 6. The second kappa shape index (κ2) is 8.31. The van der Waals surface area contributed by atoms with Crippen molar-refractivity contribution in [2.75, 3.05) is 25.5 Å². The van der Waals surface area contributed by atoms with E-state index in [9.17, 15) is 9.59 Å². The zero-order valence-corrected chi connectivity index (χ0v) is 16.5. The number of benzene rings is 2. The number of rotatable bonds is 4. The normalized spacial score (nSPS) is 13.3. The van der Waals surface area contributed by atoms with E-state index < -0.39 is 18.5 Å². The number of carbonyl (C=O) groups is 2. The third-order valence-corrected chi connectivity index (χ3v) is 5.05. The lowest BCUT2D eigenvalue weighted by atomic mass is 9.96. The number of amides is 1. The van der Waals surface area contributed by atoms with Crippen LogP contribution in [0.25, 0.3) is 10.9 Å². The van der Waals surface area contributed by atoms with Crippen LogP contribution < -0.4 is 5.32 Å². The predicted octanol–water partition coefficient (Wildman–Crippen LogP) is 2.89. The number of nitrogens with one attached hydrogen (secondary N) is 1. The Morgan fingerprint density at radius 1 is 1.23 bits per heavy atom. The molecule has 0 saturated heterocycles. The molecule has 7 heteroatoms. The summed E-state index contributed by atoms with van der Waals surface area (Å²) in [4.78, 5) is 32.1. The summed E-state index contributed by atoms with van der Waals surface area (Å²) in [5, 5.41) is 12.3. The van der Waals surface area contributed by atoms with Gasteiger partial charge in [0.25, 0.3) is 5.91 Å². The second-order valence-corrected chi connectivity index (χ2v) is 7.23. The summed E-state index contributed by atoms with van der Waals surface area (Å²) in [5.41, 5.74) is 3.88. The minimum absolute atomic E-state index is 0.420. The first kappa shape index (κ1) is 19.6. The molecule has 4 rings (SSSR count). The molecule has 1 aliphatic heterocycles. The van der Waals surface area contributed by atoms with Crippen molar-refractivity contribution in [3.8, 4) is 6.07 Å². The van der Waals surface area contributed by atoms with E-state index in [1.165, 1.54) is 0 Å². The molecule has 0 atom stereocenters. The number of ether oxygens (including phenoxy) is 1. The number of fused-ring (bicyclic) bond motifs is 2. The molecular formula is C23H20N4O3. The Hall–Kier alpha value is -3.76. The quantitative estimate of drug-likeness (QED) is 0.677. The lowest BCUT2D eigenvalue weighted by Gasteiger charge is -2.26. The van der Waals surface area contributed by atoms with Crippen LogP contribution in [-0.2, 0) is 22.5 Å². The smallest absolute Gasteiger partial charge is 0.339 e. The maximum atomic E-state index is 13.0. The largest absolute Gasteiger partial charge is 0.452 e. The number of carbonyl (C=O) groups excluding carboxylic acids is 2. The van der Waals surface area contributed by atoms with E-state index in [0.717, 1.165) is 35.1 Å². The summed E-state index contributed by atoms with van der Waals surface area (Å²) in [5.74, 6) is -1.01. The molecule has 0 unspecified atom stereocenters. The predicted molar refractivity (Wildman–Crippen MR) is 112 cm³/mol. The van der Waals surface area contributed by atoms with Crippen LogP contribution in [0.2, 0.25) is 0 Å². The van der Waals surface area contributed by atoms with Gasteiger partial charge in [-0.25, -0.2) is 4.79 Å². The number of esters is 1. The van der Waals surface area contributed by atoms with Gasteiger partial charge in [-0.1, -0.05) is 24.3 Å². The summed E-state index contributed by atoms with van der Waals surface area (Å²) >= 11 is 0. The van der Waals surface area contributed by atoms with Crippen LogP contribution in [-0.4, -0.2) is 42.0 Å². The van der Waals surface area contributed by atoms with Gasteiger partial charge in [-0.15, -0.1) is 0 Å². The first-order valence-corrected chi connectivity index (χ1v) is 9.61. The van der Waals surface area contributed by atoms with Crippen molar-refractivity contribution < 1.29 is 14.3 Å². The first-order valence-electron chi connectivity index (χ1n) is 9.61. The number of pyridine rings is 1. The Labute approximate surface area is 173 Å². The van der Waals surface area contributed by atoms with E-state index in [4.69, 9.17) is 15.0 Å². The second-order valence-electron chi connectivity index (χ2n) is 7.23. The molecule has 2 heterocycles. The molecule has 30 heavy (non-hydrogen) atoms. The molecule has 2 aromatic carbocycles. The highest BCUT2D eigenvalue weighted by Gasteiger charge is 2.25. The zero-order valence-electron chi connectivity index (χ0n) is 16.5. The van der Waals surface area contributed by atoms with Gasteiger partial charge in [0.2, 0.25) is 0 Å². The molecule has 1 aromatic heterocycles. The Balaban J connectivity index is 1.55. The molecule has 0 aliphatic carbocycles. The average Bonchev–Trinajstić information content (AvgIpc) is 2.76. The van der Waals surface area contributed by atoms with Crippen molar-refractivity contribution in [3.05, 3.63) is 70.9 Å². The van der Waals surface area contributed by atoms with Gasteiger partial charge in [-0.05, 0) is 31.3 Å². The summed E-state index contributed by atoms with van der Waals surface area (Å²) in [6.45, 7) is 1.05. The van der Waals surface area contributed by atoms with Crippen LogP contribution >= 0.6 is 0 Å². The van der Waals surface area contributed by atoms with Gasteiger partial charge in [0, 0.05) is 41.8 Å². The standard InChI is InChI=1S/C23H20N4O3/c1-27-10-9-20-18(13-27)22(17-7-2-3-8-19(17)26-20)23(29)30-14-21(28)25-16-6-4-5-15(11-16)12-24/h2-8,11H,9-10,13-14H2,1H3,(H,25,28). The summed E-state index contributed by atoms with van der Waals surface area (Å²) in [6.07, 6.45) is 0.757. The van der Waals surface area contributed by atoms with Crippen LogP contribution in [0.5, 0.6) is 0 Å². The van der Waals surface area contributed by atoms with Gasteiger partial charge in [0.05, 0.1) is 22.7 Å². The molecule has 1 N–H and O–H groups in total. The van der Waals surface area contributed by atoms with E-state index >= 15 is 0 Å². The number of aromatic nitrogens is 1. The van der Waals surface area contributed by atoms with Gasteiger partial charge in [0.1, 0.15) is 0 Å². The third-order valence-electron chi connectivity index (χ3n) is 5.05. The third kappa shape index (κ3) is 4.00. The van der Waals surface area contributed by atoms with Crippen molar-refractivity contribution in [2.24, 2.45) is 0 Å². The Kier molecular flexibility index (Phi) is 5.42. The van der Waals surface area contributed by atoms with E-state index in [1.54, 1.807) is 24.3 Å². The fraction of sp³-hybridized carbons (Fsp3) is 0.217. The van der Waals surface area contributed by atoms with Gasteiger partial charge >= 0.3 is 5.97 Å². The lowest BCUT2D eigenvalue weighted by Crippen LogP contribution is -2.30. The molecule has 0 spiro atoms. The Morgan fingerprint density at radius 2 is 2.07 bits per heavy atom. The van der Waals surface area contributed by atoms with E-state index in [1.807, 2.05) is 37.4 Å². The summed E-state index contributed by atoms with van der Waals surface area (Å²) in [6, 6.07) is 16.0. The number of likely N-dealkylation sites (N-methyl/N-ethyl adjacent to an activating group) is 1. The number of hydrogen-bond donors (Lipinski definition) is 1. The molecule has 7 nitrogen and oxygen atoms in total. The molecule has 0 fully saturated rings. The maximum Gasteiger partial charge on any atom is 0.339 e. The topological polar surface area (TPSA) is 95.3 Å². The van der Waals surface area contributed by atoms with Crippen molar-refractivity contribution in [2.45, 2.75) is 13.0 Å². The van der Waals surface area contributed by atoms with Crippen LogP contribution in [0, 0.1) is 11.3 Å². The van der Waals surface area contributed by atoms with E-state index in [0.29, 0.717) is 23.4 Å². The SMILES string of the molecule is CN1CCc2nc3ccccc3c(C(=O)OCC(=O)Nc3cccc(C#N)c3)c2C1. The van der Waals surface area contributed by atoms with Gasteiger partial charge in [-0.3, -0.25) is 9.78 Å². The number of para-hydroxylation sites is 1. The van der Waals surface area contributed by atoms with Crippen molar-refractivity contribution in [1.29, 1.82) is 5.26 Å². The minimum atomic E-state index is -0.541. The molecule has 1 amide bonds. The highest BCUT2D eigenvalue weighted by atomic mass is 16.5. The zero-order chi connectivity index (χ0) is 21.1. The summed E-state index contributed by atoms with van der Waals surface area (Å²) in [7, 11) is 2.00. The monoisotopic (exact) mass is 400 g/mol. The maximum absolute atomic E-state index is 13.0. The van der Waals surface area contributed by atoms with E-state index in [-0.39, 0.29) is 0 Å². The first-order chi connectivity index (χ1) is 14.5. The highest BCUT2D eigenvalue weighted by Crippen LogP contribution is 2.28. The van der Waals surface area contributed by atoms with E-state index in [2.05, 4.69) is 10.2 Å². The van der Waals surface area contributed by atoms with Crippen molar-refractivity contribution in [3.63, 3.8) is 0 Å². The highest BCUT2D eigenvalue weighted by molar-refractivity contribution is 6.06. The molecule has 0 bridgehead atoms. The van der Waals surface area contributed by atoms with Crippen molar-refractivity contribution >= 4 is 28.5 Å². The molecule has 0 radical (unpaired) electrons. The molecule has 150 valence electrons. The fourth-order valence-corrected chi connectivity index (χ4v) is 3.63. The lowest BCUT2D eigenvalue weighted by molar-refractivity contribution is -0.119. The van der Waals surface area contributed by atoms with Crippen molar-refractivity contribution in [1.82, 2.24) is 9.88 Å². The van der Waals surface area contributed by atoms with Crippen LogP contribution in [0.15, 0.2) is 48.5 Å². The Morgan fingerprint density at radius 3 is 2.90 bits per heavy atom. The fourth-order valence-electron chi connectivity index (χ4n) is 3.63. The van der Waals surface area contributed by atoms with Gasteiger partial charge in [0.15, 0.2) is 6.61 Å². The number of nitrogens with zero attached hydrogens (tertiary/aromatic N) is 3. The molecular weight excluding hydrogens is 380 g/mol.